The minimum Gasteiger partial charge on any atom is -0.353 e. The second kappa shape index (κ2) is 3.55. The molecular weight excluding hydrogens is 140 g/mol. The first kappa shape index (κ1) is 7.56. The molecule has 0 N–H and O–H groups in total. The lowest BCUT2D eigenvalue weighted by molar-refractivity contribution is -0.141. The van der Waals surface area contributed by atoms with E-state index in [2.05, 4.69) is 0 Å². The SMILES string of the molecule is C1CCC(OC2CCCO2)C1. The molecule has 11 heavy (non-hydrogen) atoms. The van der Waals surface area contributed by atoms with E-state index < -0.39 is 0 Å². The van der Waals surface area contributed by atoms with Gasteiger partial charge in [0.1, 0.15) is 0 Å². The summed E-state index contributed by atoms with van der Waals surface area (Å²) in [6.07, 6.45) is 8.12. The molecule has 0 aromatic carbocycles. The Kier molecular flexibility index (Phi) is 2.44. The summed E-state index contributed by atoms with van der Waals surface area (Å²) < 4.78 is 11.1. The highest BCUT2D eigenvalue weighted by Crippen LogP contribution is 2.25. The van der Waals surface area contributed by atoms with Gasteiger partial charge in [0.05, 0.1) is 6.10 Å². The van der Waals surface area contributed by atoms with E-state index in [1.807, 2.05) is 0 Å². The molecule has 2 heteroatoms. The molecule has 1 unspecified atom stereocenters. The van der Waals surface area contributed by atoms with Gasteiger partial charge in [0.15, 0.2) is 6.29 Å². The summed E-state index contributed by atoms with van der Waals surface area (Å²) in [5.41, 5.74) is 0. The minimum atomic E-state index is 0.137. The van der Waals surface area contributed by atoms with Crippen LogP contribution in [0.2, 0.25) is 0 Å². The van der Waals surface area contributed by atoms with Crippen molar-refractivity contribution in [1.82, 2.24) is 0 Å². The first-order valence-corrected chi connectivity index (χ1v) is 4.72. The predicted molar refractivity (Wildman–Crippen MR) is 42.3 cm³/mol. The smallest absolute Gasteiger partial charge is 0.158 e. The molecule has 0 radical (unpaired) electrons. The lowest BCUT2D eigenvalue weighted by Gasteiger charge is -2.16. The molecule has 0 amide bonds. The van der Waals surface area contributed by atoms with Gasteiger partial charge in [-0.25, -0.2) is 0 Å². The van der Waals surface area contributed by atoms with Crippen LogP contribution < -0.4 is 0 Å². The zero-order chi connectivity index (χ0) is 7.52. The van der Waals surface area contributed by atoms with Crippen molar-refractivity contribution in [2.45, 2.75) is 50.9 Å². The number of rotatable bonds is 2. The van der Waals surface area contributed by atoms with Gasteiger partial charge in [-0.1, -0.05) is 12.8 Å². The highest BCUT2D eigenvalue weighted by Gasteiger charge is 2.23. The van der Waals surface area contributed by atoms with Gasteiger partial charge in [-0.3, -0.25) is 0 Å². The molecular formula is C9H16O2. The third-order valence-corrected chi connectivity index (χ3v) is 2.53. The summed E-state index contributed by atoms with van der Waals surface area (Å²) in [4.78, 5) is 0. The summed E-state index contributed by atoms with van der Waals surface area (Å²) in [6, 6.07) is 0. The van der Waals surface area contributed by atoms with Gasteiger partial charge < -0.3 is 9.47 Å². The first-order valence-electron chi connectivity index (χ1n) is 4.72. The normalized spacial score (nSPS) is 33.3. The lowest BCUT2D eigenvalue weighted by Crippen LogP contribution is -2.18. The Hall–Kier alpha value is -0.0800. The van der Waals surface area contributed by atoms with Crippen LogP contribution in [0.25, 0.3) is 0 Å². The van der Waals surface area contributed by atoms with Crippen molar-refractivity contribution >= 4 is 0 Å². The molecule has 1 aliphatic carbocycles. The molecule has 2 fully saturated rings. The van der Waals surface area contributed by atoms with Crippen molar-refractivity contribution in [1.29, 1.82) is 0 Å². The van der Waals surface area contributed by atoms with Crippen LogP contribution in [0, 0.1) is 0 Å². The summed E-state index contributed by atoms with van der Waals surface area (Å²) in [7, 11) is 0. The van der Waals surface area contributed by atoms with Crippen LogP contribution >= 0.6 is 0 Å². The highest BCUT2D eigenvalue weighted by molar-refractivity contribution is 4.68. The second-order valence-electron chi connectivity index (χ2n) is 3.49. The number of hydrogen-bond acceptors (Lipinski definition) is 2. The van der Waals surface area contributed by atoms with Crippen LogP contribution in [0.1, 0.15) is 38.5 Å². The van der Waals surface area contributed by atoms with E-state index in [1.54, 1.807) is 0 Å². The summed E-state index contributed by atoms with van der Waals surface area (Å²) in [5, 5.41) is 0. The maximum absolute atomic E-state index is 5.75. The van der Waals surface area contributed by atoms with Gasteiger partial charge >= 0.3 is 0 Å². The maximum Gasteiger partial charge on any atom is 0.158 e. The first-order chi connectivity index (χ1) is 5.45. The molecule has 2 rings (SSSR count). The average Bonchev–Trinajstić information content (AvgIpc) is 2.60. The van der Waals surface area contributed by atoms with Crippen LogP contribution in [0.5, 0.6) is 0 Å². The van der Waals surface area contributed by atoms with E-state index in [0.717, 1.165) is 13.0 Å². The maximum atomic E-state index is 5.75. The fourth-order valence-corrected chi connectivity index (χ4v) is 1.89. The Morgan fingerprint density at radius 1 is 1.00 bits per heavy atom. The van der Waals surface area contributed by atoms with Crippen LogP contribution in [-0.4, -0.2) is 19.0 Å². The van der Waals surface area contributed by atoms with E-state index >= 15 is 0 Å². The van der Waals surface area contributed by atoms with Crippen molar-refractivity contribution in [3.63, 3.8) is 0 Å². The van der Waals surface area contributed by atoms with E-state index in [0.29, 0.717) is 6.10 Å². The standard InChI is InChI=1S/C9H16O2/c1-2-5-8(4-1)11-9-6-3-7-10-9/h8-9H,1-7H2. The Morgan fingerprint density at radius 3 is 2.45 bits per heavy atom. The van der Waals surface area contributed by atoms with Gasteiger partial charge in [-0.05, 0) is 19.3 Å². The average molecular weight is 156 g/mol. The molecule has 1 heterocycles. The van der Waals surface area contributed by atoms with Crippen molar-refractivity contribution in [3.8, 4) is 0 Å². The molecule has 1 aliphatic heterocycles. The van der Waals surface area contributed by atoms with Gasteiger partial charge in [0.25, 0.3) is 0 Å². The topological polar surface area (TPSA) is 18.5 Å². The Bertz CT molecular complexity index is 98.7. The number of ether oxygens (including phenoxy) is 2. The molecule has 64 valence electrons. The van der Waals surface area contributed by atoms with E-state index in [9.17, 15) is 0 Å². The van der Waals surface area contributed by atoms with Crippen molar-refractivity contribution in [3.05, 3.63) is 0 Å². The zero-order valence-electron chi connectivity index (χ0n) is 6.92. The van der Waals surface area contributed by atoms with E-state index in [4.69, 9.17) is 9.47 Å². The van der Waals surface area contributed by atoms with Crippen LogP contribution in [0.4, 0.5) is 0 Å². The summed E-state index contributed by atoms with van der Waals surface area (Å²) in [6.45, 7) is 0.900. The Morgan fingerprint density at radius 2 is 1.82 bits per heavy atom. The van der Waals surface area contributed by atoms with E-state index in [-0.39, 0.29) is 6.29 Å². The summed E-state index contributed by atoms with van der Waals surface area (Å²) in [5.74, 6) is 0. The molecule has 0 bridgehead atoms. The quantitative estimate of drug-likeness (QED) is 0.609. The van der Waals surface area contributed by atoms with Gasteiger partial charge in [0.2, 0.25) is 0 Å². The molecule has 2 aliphatic rings. The van der Waals surface area contributed by atoms with Crippen molar-refractivity contribution < 1.29 is 9.47 Å². The molecule has 0 spiro atoms. The molecule has 0 aromatic rings. The van der Waals surface area contributed by atoms with E-state index in [1.165, 1.54) is 32.1 Å². The Labute approximate surface area is 67.9 Å². The molecule has 1 saturated heterocycles. The largest absolute Gasteiger partial charge is 0.353 e. The van der Waals surface area contributed by atoms with Crippen LogP contribution in [0.15, 0.2) is 0 Å². The molecule has 1 atom stereocenters. The zero-order valence-corrected chi connectivity index (χ0v) is 6.92. The summed E-state index contributed by atoms with van der Waals surface area (Å²) >= 11 is 0. The minimum absolute atomic E-state index is 0.137. The monoisotopic (exact) mass is 156 g/mol. The third kappa shape index (κ3) is 1.94. The fraction of sp³-hybridized carbons (Fsp3) is 1.00. The third-order valence-electron chi connectivity index (χ3n) is 2.53. The lowest BCUT2D eigenvalue weighted by atomic mass is 10.3. The van der Waals surface area contributed by atoms with Crippen molar-refractivity contribution in [2.75, 3.05) is 6.61 Å². The predicted octanol–water partition coefficient (Wildman–Crippen LogP) is 2.08. The molecule has 2 nitrogen and oxygen atoms in total. The fourth-order valence-electron chi connectivity index (χ4n) is 1.89. The Balaban J connectivity index is 1.71. The number of hydrogen-bond donors (Lipinski definition) is 0. The van der Waals surface area contributed by atoms with Crippen LogP contribution in [-0.2, 0) is 9.47 Å². The van der Waals surface area contributed by atoms with Gasteiger partial charge in [-0.2, -0.15) is 0 Å². The molecule has 1 saturated carbocycles. The van der Waals surface area contributed by atoms with Crippen LogP contribution in [0.3, 0.4) is 0 Å². The highest BCUT2D eigenvalue weighted by atomic mass is 16.7. The van der Waals surface area contributed by atoms with Gasteiger partial charge in [-0.15, -0.1) is 0 Å². The van der Waals surface area contributed by atoms with Gasteiger partial charge in [0, 0.05) is 13.0 Å². The van der Waals surface area contributed by atoms with Crippen molar-refractivity contribution in [2.24, 2.45) is 0 Å². The second-order valence-corrected chi connectivity index (χ2v) is 3.49. The molecule has 0 aromatic heterocycles.